The van der Waals surface area contributed by atoms with Crippen LogP contribution >= 0.6 is 32.6 Å². The molecule has 0 aliphatic rings. The Hall–Kier alpha value is -1.18. The molecule has 0 fully saturated rings. The Morgan fingerprint density at radius 2 is 0.913 bits per heavy atom. The summed E-state index contributed by atoms with van der Waals surface area (Å²) in [6, 6.07) is 32.8. The smallest absolute Gasteiger partial charge is 0.0619 e. The number of hydrogen-bond donors (Lipinski definition) is 0. The minimum absolute atomic E-state index is 0. The second-order valence-corrected chi connectivity index (χ2v) is 7.19. The molecule has 0 amide bonds. The summed E-state index contributed by atoms with van der Waals surface area (Å²) in [5, 5.41) is -0.0431. The Morgan fingerprint density at radius 1 is 0.609 bits per heavy atom. The Bertz CT molecular complexity index is 599. The third-order valence-electron chi connectivity index (χ3n) is 4.06. The fourth-order valence-corrected chi connectivity index (χ4v) is 4.78. The van der Waals surface area contributed by atoms with Crippen LogP contribution in [0.4, 0.5) is 0 Å². The molecule has 0 spiro atoms. The van der Waals surface area contributed by atoms with E-state index in [0.717, 1.165) is 8.58 Å². The van der Waals surface area contributed by atoms with Gasteiger partial charge in [0.15, 0.2) is 0 Å². The maximum absolute atomic E-state index is 2.28. The first-order valence-corrected chi connectivity index (χ1v) is 9.00. The van der Waals surface area contributed by atoms with E-state index in [1.165, 1.54) is 22.9 Å². The maximum Gasteiger partial charge on any atom is 0.0619 e. The van der Waals surface area contributed by atoms with Crippen molar-refractivity contribution in [2.45, 2.75) is 12.1 Å². The van der Waals surface area contributed by atoms with Gasteiger partial charge in [-0.3, -0.25) is 0 Å². The molecule has 3 rings (SSSR count). The highest BCUT2D eigenvalue weighted by Crippen LogP contribution is 2.51. The van der Waals surface area contributed by atoms with E-state index >= 15 is 0 Å². The Morgan fingerprint density at radius 3 is 1.17 bits per heavy atom. The van der Waals surface area contributed by atoms with Crippen LogP contribution in [0.1, 0.15) is 23.6 Å². The Balaban J connectivity index is 0.00000192. The molecule has 2 heteroatoms. The average Bonchev–Trinajstić information content (AvgIpc) is 2.62. The molecule has 0 aliphatic heterocycles. The van der Waals surface area contributed by atoms with Crippen molar-refractivity contribution in [3.8, 4) is 0 Å². The number of benzene rings is 3. The molecule has 0 heterocycles. The normalized spacial score (nSPS) is 11.3. The molecular weight excluding hydrogens is 410 g/mol. The van der Waals surface area contributed by atoms with Crippen LogP contribution in [0.5, 0.6) is 0 Å². The highest BCUT2D eigenvalue weighted by molar-refractivity contribution is 14.0. The van der Waals surface area contributed by atoms with E-state index in [1.807, 2.05) is 0 Å². The van der Waals surface area contributed by atoms with Gasteiger partial charge in [0.2, 0.25) is 0 Å². The van der Waals surface area contributed by atoms with Gasteiger partial charge in [0.05, 0.1) is 5.16 Å². The largest absolute Gasteiger partial charge is 0.107 e. The Kier molecular flexibility index (Phi) is 6.80. The van der Waals surface area contributed by atoms with Crippen molar-refractivity contribution in [2.24, 2.45) is 0 Å². The number of hydrogen-bond acceptors (Lipinski definition) is 0. The van der Waals surface area contributed by atoms with Crippen LogP contribution < -0.4 is 0 Å². The zero-order valence-corrected chi connectivity index (χ0v) is 16.6. The van der Waals surface area contributed by atoms with Crippen molar-refractivity contribution in [2.75, 3.05) is 6.16 Å². The lowest BCUT2D eigenvalue weighted by atomic mass is 9.84. The van der Waals surface area contributed by atoms with Gasteiger partial charge in [0.25, 0.3) is 0 Å². The Labute approximate surface area is 158 Å². The molecule has 0 nitrogen and oxygen atoms in total. The predicted molar refractivity (Wildman–Crippen MR) is 113 cm³/mol. The van der Waals surface area contributed by atoms with E-state index in [1.54, 1.807) is 0 Å². The van der Waals surface area contributed by atoms with Crippen LogP contribution in [-0.4, -0.2) is 6.16 Å². The van der Waals surface area contributed by atoms with Crippen LogP contribution in [0.2, 0.25) is 0 Å². The first kappa shape index (κ1) is 18.2. The van der Waals surface area contributed by atoms with Gasteiger partial charge in [-0.2, -0.15) is 0 Å². The second kappa shape index (κ2) is 8.61. The van der Waals surface area contributed by atoms with Gasteiger partial charge in [-0.1, -0.05) is 97.9 Å². The summed E-state index contributed by atoms with van der Waals surface area (Å²) >= 11 is 0. The molecule has 23 heavy (non-hydrogen) atoms. The standard InChI is InChI=1S/C21H21P.HI/c1-2-22-21(18-12-6-3-7-13-18,19-14-8-4-9-15-19)20-16-10-5-11-17-20;/h3-17,22H,2H2,1H3;1H. The maximum atomic E-state index is 2.28. The van der Waals surface area contributed by atoms with Gasteiger partial charge in [0, 0.05) is 0 Å². The van der Waals surface area contributed by atoms with Crippen molar-refractivity contribution >= 4 is 32.6 Å². The number of halogens is 1. The lowest BCUT2D eigenvalue weighted by molar-refractivity contribution is 0.884. The third-order valence-corrected chi connectivity index (χ3v) is 5.81. The van der Waals surface area contributed by atoms with Crippen molar-refractivity contribution in [1.29, 1.82) is 0 Å². The fraction of sp³-hybridized carbons (Fsp3) is 0.143. The zero-order valence-electron chi connectivity index (χ0n) is 13.3. The molecule has 3 aromatic carbocycles. The van der Waals surface area contributed by atoms with Crippen LogP contribution in [-0.2, 0) is 5.16 Å². The molecule has 1 unspecified atom stereocenters. The van der Waals surface area contributed by atoms with Crippen molar-refractivity contribution in [3.05, 3.63) is 108 Å². The minimum Gasteiger partial charge on any atom is -0.107 e. The molecule has 0 aromatic heterocycles. The van der Waals surface area contributed by atoms with Crippen LogP contribution in [0.15, 0.2) is 91.0 Å². The summed E-state index contributed by atoms with van der Waals surface area (Å²) < 4.78 is 0. The molecule has 0 aliphatic carbocycles. The monoisotopic (exact) mass is 432 g/mol. The van der Waals surface area contributed by atoms with Gasteiger partial charge in [0.1, 0.15) is 0 Å². The molecule has 0 radical (unpaired) electrons. The van der Waals surface area contributed by atoms with Crippen LogP contribution in [0.3, 0.4) is 0 Å². The SMILES string of the molecule is CCPC(c1ccccc1)(c1ccccc1)c1ccccc1.I. The minimum atomic E-state index is -0.0431. The van der Waals surface area contributed by atoms with Gasteiger partial charge in [-0.05, 0) is 22.9 Å². The van der Waals surface area contributed by atoms with Crippen LogP contribution in [0.25, 0.3) is 0 Å². The van der Waals surface area contributed by atoms with E-state index in [2.05, 4.69) is 97.9 Å². The van der Waals surface area contributed by atoms with Crippen molar-refractivity contribution in [1.82, 2.24) is 0 Å². The topological polar surface area (TPSA) is 0 Å². The molecule has 118 valence electrons. The molecule has 0 bridgehead atoms. The average molecular weight is 432 g/mol. The van der Waals surface area contributed by atoms with Gasteiger partial charge in [-0.15, -0.1) is 32.6 Å². The zero-order chi connectivity index (χ0) is 15.3. The lowest BCUT2D eigenvalue weighted by Gasteiger charge is -2.36. The predicted octanol–water partition coefficient (Wildman–Crippen LogP) is 6.29. The highest BCUT2D eigenvalue weighted by atomic mass is 127. The van der Waals surface area contributed by atoms with E-state index in [-0.39, 0.29) is 29.1 Å². The lowest BCUT2D eigenvalue weighted by Crippen LogP contribution is -2.24. The first-order valence-electron chi connectivity index (χ1n) is 7.79. The molecule has 0 saturated carbocycles. The molecule has 0 N–H and O–H groups in total. The van der Waals surface area contributed by atoms with E-state index in [0.29, 0.717) is 0 Å². The summed E-state index contributed by atoms with van der Waals surface area (Å²) in [6.07, 6.45) is 1.17. The summed E-state index contributed by atoms with van der Waals surface area (Å²) in [5.41, 5.74) is 4.15. The molecule has 0 saturated heterocycles. The van der Waals surface area contributed by atoms with Gasteiger partial charge in [-0.25, -0.2) is 0 Å². The molecular formula is C21H22IP. The summed E-state index contributed by atoms with van der Waals surface area (Å²) in [6.45, 7) is 2.28. The third kappa shape index (κ3) is 3.67. The summed E-state index contributed by atoms with van der Waals surface area (Å²) in [5.74, 6) is 0. The summed E-state index contributed by atoms with van der Waals surface area (Å²) in [4.78, 5) is 0. The molecule has 1 atom stereocenters. The van der Waals surface area contributed by atoms with Crippen molar-refractivity contribution < 1.29 is 0 Å². The van der Waals surface area contributed by atoms with Crippen LogP contribution in [0, 0.1) is 0 Å². The van der Waals surface area contributed by atoms with Gasteiger partial charge >= 0.3 is 0 Å². The number of rotatable bonds is 5. The quantitative estimate of drug-likeness (QED) is 0.252. The molecule has 3 aromatic rings. The van der Waals surface area contributed by atoms with E-state index in [4.69, 9.17) is 0 Å². The van der Waals surface area contributed by atoms with E-state index < -0.39 is 0 Å². The van der Waals surface area contributed by atoms with Crippen molar-refractivity contribution in [3.63, 3.8) is 0 Å². The highest BCUT2D eigenvalue weighted by Gasteiger charge is 2.35. The second-order valence-electron chi connectivity index (χ2n) is 5.38. The van der Waals surface area contributed by atoms with E-state index in [9.17, 15) is 0 Å². The summed E-state index contributed by atoms with van der Waals surface area (Å²) in [7, 11) is 0.809. The first-order chi connectivity index (χ1) is 10.9. The fourth-order valence-electron chi connectivity index (χ4n) is 3.14. The van der Waals surface area contributed by atoms with Gasteiger partial charge < -0.3 is 0 Å².